The maximum atomic E-state index is 12.8. The van der Waals surface area contributed by atoms with Gasteiger partial charge in [0, 0.05) is 11.9 Å². The molecule has 0 atom stereocenters. The average Bonchev–Trinajstić information content (AvgIpc) is 3.15. The standard InChI is InChI=1S/C19H17FN2O3S/c20-15-6-8-16(9-7-15)24-10-11-25-18(23)17-13-26-19(22-17)21-12-14-4-2-1-3-5-14/h1-9,13H,10-12H2,(H,21,22). The van der Waals surface area contributed by atoms with Crippen molar-refractivity contribution in [1.82, 2.24) is 4.98 Å². The summed E-state index contributed by atoms with van der Waals surface area (Å²) in [4.78, 5) is 16.2. The second-order valence-electron chi connectivity index (χ2n) is 5.32. The van der Waals surface area contributed by atoms with Crippen LogP contribution in [0.1, 0.15) is 16.1 Å². The van der Waals surface area contributed by atoms with E-state index in [-0.39, 0.29) is 24.7 Å². The first-order valence-corrected chi connectivity index (χ1v) is 8.87. The van der Waals surface area contributed by atoms with Gasteiger partial charge in [-0.05, 0) is 29.8 Å². The lowest BCUT2D eigenvalue weighted by atomic mass is 10.2. The van der Waals surface area contributed by atoms with Gasteiger partial charge < -0.3 is 14.8 Å². The molecule has 0 fully saturated rings. The summed E-state index contributed by atoms with van der Waals surface area (Å²) >= 11 is 1.34. The molecule has 0 spiro atoms. The highest BCUT2D eigenvalue weighted by molar-refractivity contribution is 7.13. The Morgan fingerprint density at radius 2 is 1.85 bits per heavy atom. The SMILES string of the molecule is O=C(OCCOc1ccc(F)cc1)c1csc(NCc2ccccc2)n1. The van der Waals surface area contributed by atoms with Gasteiger partial charge in [-0.1, -0.05) is 30.3 Å². The summed E-state index contributed by atoms with van der Waals surface area (Å²) < 4.78 is 23.3. The Morgan fingerprint density at radius 1 is 1.08 bits per heavy atom. The van der Waals surface area contributed by atoms with E-state index < -0.39 is 5.97 Å². The number of halogens is 1. The summed E-state index contributed by atoms with van der Waals surface area (Å²) in [5.74, 6) is -0.316. The maximum Gasteiger partial charge on any atom is 0.358 e. The molecule has 0 amide bonds. The van der Waals surface area contributed by atoms with Gasteiger partial charge in [0.1, 0.15) is 24.8 Å². The van der Waals surface area contributed by atoms with E-state index >= 15 is 0 Å². The molecule has 1 heterocycles. The van der Waals surface area contributed by atoms with Crippen LogP contribution in [0.15, 0.2) is 60.0 Å². The van der Waals surface area contributed by atoms with Crippen LogP contribution in [0.2, 0.25) is 0 Å². The molecule has 0 aliphatic heterocycles. The van der Waals surface area contributed by atoms with Crippen molar-refractivity contribution < 1.29 is 18.7 Å². The Hall–Kier alpha value is -2.93. The molecule has 2 aromatic carbocycles. The average molecular weight is 372 g/mol. The third-order valence-electron chi connectivity index (χ3n) is 3.40. The summed E-state index contributed by atoms with van der Waals surface area (Å²) in [5, 5.41) is 5.48. The summed E-state index contributed by atoms with van der Waals surface area (Å²) in [6, 6.07) is 15.6. The number of ether oxygens (including phenoxy) is 2. The van der Waals surface area contributed by atoms with Crippen LogP contribution in [0.5, 0.6) is 5.75 Å². The lowest BCUT2D eigenvalue weighted by molar-refractivity contribution is 0.0444. The zero-order chi connectivity index (χ0) is 18.2. The zero-order valence-electron chi connectivity index (χ0n) is 13.9. The summed E-state index contributed by atoms with van der Waals surface area (Å²) in [5.41, 5.74) is 1.39. The van der Waals surface area contributed by atoms with Gasteiger partial charge >= 0.3 is 5.97 Å². The third-order valence-corrected chi connectivity index (χ3v) is 4.20. The number of nitrogens with one attached hydrogen (secondary N) is 1. The molecule has 7 heteroatoms. The van der Waals surface area contributed by atoms with Crippen molar-refractivity contribution in [2.75, 3.05) is 18.5 Å². The number of anilines is 1. The van der Waals surface area contributed by atoms with Crippen molar-refractivity contribution in [3.8, 4) is 5.75 Å². The predicted octanol–water partition coefficient (Wildman–Crippen LogP) is 4.13. The van der Waals surface area contributed by atoms with Gasteiger partial charge in [-0.15, -0.1) is 11.3 Å². The molecule has 0 radical (unpaired) electrons. The van der Waals surface area contributed by atoms with Crippen LogP contribution >= 0.6 is 11.3 Å². The van der Waals surface area contributed by atoms with Crippen molar-refractivity contribution in [2.24, 2.45) is 0 Å². The Morgan fingerprint density at radius 3 is 2.62 bits per heavy atom. The predicted molar refractivity (Wildman–Crippen MR) is 98.1 cm³/mol. The molecule has 0 saturated heterocycles. The van der Waals surface area contributed by atoms with Crippen molar-refractivity contribution in [2.45, 2.75) is 6.54 Å². The minimum Gasteiger partial charge on any atom is -0.490 e. The lowest BCUT2D eigenvalue weighted by Gasteiger charge is -2.06. The fraction of sp³-hybridized carbons (Fsp3) is 0.158. The highest BCUT2D eigenvalue weighted by Gasteiger charge is 2.12. The second-order valence-corrected chi connectivity index (χ2v) is 6.17. The molecule has 5 nitrogen and oxygen atoms in total. The lowest BCUT2D eigenvalue weighted by Crippen LogP contribution is -2.12. The van der Waals surface area contributed by atoms with Gasteiger partial charge in [-0.2, -0.15) is 0 Å². The van der Waals surface area contributed by atoms with E-state index in [9.17, 15) is 9.18 Å². The van der Waals surface area contributed by atoms with E-state index in [1.165, 1.54) is 35.6 Å². The van der Waals surface area contributed by atoms with E-state index in [1.54, 1.807) is 5.38 Å². The number of hydrogen-bond acceptors (Lipinski definition) is 6. The number of aromatic nitrogens is 1. The van der Waals surface area contributed by atoms with E-state index in [2.05, 4.69) is 10.3 Å². The van der Waals surface area contributed by atoms with Gasteiger partial charge in [0.15, 0.2) is 10.8 Å². The number of thiazole rings is 1. The van der Waals surface area contributed by atoms with Gasteiger partial charge in [0.05, 0.1) is 0 Å². The first kappa shape index (κ1) is 17.9. The van der Waals surface area contributed by atoms with E-state index in [0.717, 1.165) is 5.56 Å². The minimum absolute atomic E-state index is 0.0838. The molecule has 0 saturated carbocycles. The number of carbonyl (C=O) groups is 1. The maximum absolute atomic E-state index is 12.8. The summed E-state index contributed by atoms with van der Waals surface area (Å²) in [6.45, 7) is 0.898. The molecule has 0 aliphatic rings. The normalized spacial score (nSPS) is 10.3. The second kappa shape index (κ2) is 8.96. The van der Waals surface area contributed by atoms with Crippen LogP contribution in [0.4, 0.5) is 9.52 Å². The van der Waals surface area contributed by atoms with Gasteiger partial charge in [-0.3, -0.25) is 0 Å². The molecule has 134 valence electrons. The van der Waals surface area contributed by atoms with Crippen LogP contribution in [-0.4, -0.2) is 24.2 Å². The number of rotatable bonds is 8. The van der Waals surface area contributed by atoms with E-state index in [1.807, 2.05) is 30.3 Å². The molecule has 3 aromatic rings. The number of benzene rings is 2. The van der Waals surface area contributed by atoms with Crippen LogP contribution in [0, 0.1) is 5.82 Å². The van der Waals surface area contributed by atoms with Crippen LogP contribution in [-0.2, 0) is 11.3 Å². The van der Waals surface area contributed by atoms with Crippen molar-refractivity contribution in [3.63, 3.8) is 0 Å². The summed E-state index contributed by atoms with van der Waals surface area (Å²) in [6.07, 6.45) is 0. The van der Waals surface area contributed by atoms with Crippen LogP contribution in [0.3, 0.4) is 0 Å². The van der Waals surface area contributed by atoms with Gasteiger partial charge in [-0.25, -0.2) is 14.2 Å². The molecule has 1 aromatic heterocycles. The van der Waals surface area contributed by atoms with E-state index in [4.69, 9.17) is 9.47 Å². The Kier molecular flexibility index (Phi) is 6.16. The molecule has 26 heavy (non-hydrogen) atoms. The smallest absolute Gasteiger partial charge is 0.358 e. The fourth-order valence-electron chi connectivity index (χ4n) is 2.12. The number of carbonyl (C=O) groups excluding carboxylic acids is 1. The summed E-state index contributed by atoms with van der Waals surface area (Å²) in [7, 11) is 0. The highest BCUT2D eigenvalue weighted by atomic mass is 32.1. The molecule has 3 rings (SSSR count). The third kappa shape index (κ3) is 5.29. The molecule has 0 unspecified atom stereocenters. The molecule has 0 bridgehead atoms. The Labute approximate surface area is 154 Å². The topological polar surface area (TPSA) is 60.5 Å². The largest absolute Gasteiger partial charge is 0.490 e. The van der Waals surface area contributed by atoms with Gasteiger partial charge in [0.2, 0.25) is 0 Å². The monoisotopic (exact) mass is 372 g/mol. The van der Waals surface area contributed by atoms with Crippen LogP contribution in [0.25, 0.3) is 0 Å². The molecular formula is C19H17FN2O3S. The first-order valence-electron chi connectivity index (χ1n) is 7.99. The first-order chi connectivity index (χ1) is 12.7. The zero-order valence-corrected chi connectivity index (χ0v) is 14.7. The number of hydrogen-bond donors (Lipinski definition) is 1. The fourth-order valence-corrected chi connectivity index (χ4v) is 2.80. The number of nitrogens with zero attached hydrogens (tertiary/aromatic N) is 1. The van der Waals surface area contributed by atoms with Crippen molar-refractivity contribution >= 4 is 22.4 Å². The van der Waals surface area contributed by atoms with Crippen molar-refractivity contribution in [1.29, 1.82) is 0 Å². The van der Waals surface area contributed by atoms with Gasteiger partial charge in [0.25, 0.3) is 0 Å². The number of esters is 1. The van der Waals surface area contributed by atoms with E-state index in [0.29, 0.717) is 17.4 Å². The minimum atomic E-state index is -0.503. The van der Waals surface area contributed by atoms with Crippen molar-refractivity contribution in [3.05, 3.63) is 77.1 Å². The Balaban J connectivity index is 1.40. The van der Waals surface area contributed by atoms with Crippen LogP contribution < -0.4 is 10.1 Å². The molecule has 0 aliphatic carbocycles. The quantitative estimate of drug-likeness (QED) is 0.476. The molecule has 1 N–H and O–H groups in total. The highest BCUT2D eigenvalue weighted by Crippen LogP contribution is 2.17. The molecular weight excluding hydrogens is 355 g/mol. The Bertz CT molecular complexity index is 838.